The lowest BCUT2D eigenvalue weighted by Gasteiger charge is -2.39. The molecular weight excluding hydrogens is 272 g/mol. The molecule has 108 valence electrons. The Morgan fingerprint density at radius 3 is 2.27 bits per heavy atom. The van der Waals surface area contributed by atoms with E-state index in [1.165, 1.54) is 23.3 Å². The Balaban J connectivity index is 1.93. The molecule has 2 nitrogen and oxygen atoms in total. The normalized spacial score (nSPS) is 26.5. The Morgan fingerprint density at radius 1 is 0.773 bits per heavy atom. The van der Waals surface area contributed by atoms with E-state index in [4.69, 9.17) is 0 Å². The molecule has 0 unspecified atom stereocenters. The molecule has 0 radical (unpaired) electrons. The number of fused-ring (bicyclic) bond motifs is 2. The van der Waals surface area contributed by atoms with Gasteiger partial charge in [0.15, 0.2) is 11.6 Å². The van der Waals surface area contributed by atoms with Crippen LogP contribution in [0.5, 0.6) is 0 Å². The fourth-order valence-corrected chi connectivity index (χ4v) is 3.90. The molecule has 22 heavy (non-hydrogen) atoms. The minimum atomic E-state index is -0.269. The van der Waals surface area contributed by atoms with Crippen molar-refractivity contribution >= 4 is 11.6 Å². The molecule has 2 heteroatoms. The number of hydrogen-bond acceptors (Lipinski definition) is 2. The standard InChI is InChI=1S/C20H16O2/c21-17-10-11-18(22)20-16(17)12-14-8-4-5-9-15(14)19(20)13-6-2-1-3-7-13/h1-11,16,19-20H,12H2/t16-,19-,20+/m0/s1. The van der Waals surface area contributed by atoms with Crippen molar-refractivity contribution in [1.82, 2.24) is 0 Å². The van der Waals surface area contributed by atoms with E-state index in [1.54, 1.807) is 0 Å². The second-order valence-corrected chi connectivity index (χ2v) is 6.06. The molecule has 4 rings (SSSR count). The molecule has 0 bridgehead atoms. The average molecular weight is 288 g/mol. The number of hydrogen-bond donors (Lipinski definition) is 0. The molecule has 0 saturated carbocycles. The summed E-state index contributed by atoms with van der Waals surface area (Å²) in [7, 11) is 0. The second-order valence-electron chi connectivity index (χ2n) is 6.06. The van der Waals surface area contributed by atoms with Gasteiger partial charge < -0.3 is 0 Å². The van der Waals surface area contributed by atoms with Crippen LogP contribution in [0.1, 0.15) is 22.6 Å². The van der Waals surface area contributed by atoms with E-state index in [2.05, 4.69) is 24.3 Å². The zero-order chi connectivity index (χ0) is 15.1. The predicted molar refractivity (Wildman–Crippen MR) is 84.6 cm³/mol. The third kappa shape index (κ3) is 1.95. The molecule has 0 aromatic heterocycles. The van der Waals surface area contributed by atoms with Crippen LogP contribution < -0.4 is 0 Å². The summed E-state index contributed by atoms with van der Waals surface area (Å²) in [6, 6.07) is 18.3. The fourth-order valence-electron chi connectivity index (χ4n) is 3.90. The molecule has 2 aliphatic rings. The number of ketones is 2. The Hall–Kier alpha value is -2.48. The number of rotatable bonds is 1. The Morgan fingerprint density at radius 2 is 1.45 bits per heavy atom. The van der Waals surface area contributed by atoms with E-state index in [9.17, 15) is 9.59 Å². The third-order valence-electron chi connectivity index (χ3n) is 4.89. The zero-order valence-electron chi connectivity index (χ0n) is 12.1. The first kappa shape index (κ1) is 13.2. The molecule has 0 saturated heterocycles. The van der Waals surface area contributed by atoms with Crippen molar-refractivity contribution in [3.8, 4) is 0 Å². The van der Waals surface area contributed by atoms with E-state index in [-0.39, 0.29) is 29.3 Å². The van der Waals surface area contributed by atoms with Gasteiger partial charge in [0.2, 0.25) is 0 Å². The van der Waals surface area contributed by atoms with Crippen molar-refractivity contribution in [3.05, 3.63) is 83.4 Å². The highest BCUT2D eigenvalue weighted by molar-refractivity contribution is 6.08. The molecule has 0 heterocycles. The van der Waals surface area contributed by atoms with Crippen molar-refractivity contribution in [2.24, 2.45) is 11.8 Å². The highest BCUT2D eigenvalue weighted by Crippen LogP contribution is 2.45. The van der Waals surface area contributed by atoms with Crippen molar-refractivity contribution in [2.45, 2.75) is 12.3 Å². The van der Waals surface area contributed by atoms with Crippen LogP contribution in [0.4, 0.5) is 0 Å². The Kier molecular flexibility index (Phi) is 3.04. The minimum Gasteiger partial charge on any atom is -0.295 e. The summed E-state index contributed by atoms with van der Waals surface area (Å²) in [5.74, 6) is -0.363. The summed E-state index contributed by atoms with van der Waals surface area (Å²) < 4.78 is 0. The van der Waals surface area contributed by atoms with Gasteiger partial charge in [0.25, 0.3) is 0 Å². The highest BCUT2D eigenvalue weighted by atomic mass is 16.1. The summed E-state index contributed by atoms with van der Waals surface area (Å²) in [4.78, 5) is 24.9. The van der Waals surface area contributed by atoms with Gasteiger partial charge >= 0.3 is 0 Å². The lowest BCUT2D eigenvalue weighted by molar-refractivity contribution is -0.129. The summed E-state index contributed by atoms with van der Waals surface area (Å²) in [6.07, 6.45) is 3.59. The molecule has 0 N–H and O–H groups in total. The van der Waals surface area contributed by atoms with Crippen molar-refractivity contribution in [2.75, 3.05) is 0 Å². The van der Waals surface area contributed by atoms with E-state index >= 15 is 0 Å². The third-order valence-corrected chi connectivity index (χ3v) is 4.89. The van der Waals surface area contributed by atoms with Gasteiger partial charge in [0.1, 0.15) is 0 Å². The topological polar surface area (TPSA) is 34.1 Å². The number of carbonyl (C=O) groups excluding carboxylic acids is 2. The van der Waals surface area contributed by atoms with Gasteiger partial charge in [0.05, 0.1) is 0 Å². The molecule has 0 aliphatic heterocycles. The molecule has 2 aromatic rings. The van der Waals surface area contributed by atoms with E-state index in [0.29, 0.717) is 6.42 Å². The quantitative estimate of drug-likeness (QED) is 0.806. The minimum absolute atomic E-state index is 0.0300. The highest BCUT2D eigenvalue weighted by Gasteiger charge is 2.44. The van der Waals surface area contributed by atoms with E-state index in [0.717, 1.165) is 5.56 Å². The van der Waals surface area contributed by atoms with Crippen LogP contribution in [0.2, 0.25) is 0 Å². The Labute approximate surface area is 129 Å². The average Bonchev–Trinajstić information content (AvgIpc) is 2.57. The Bertz CT molecular complexity index is 773. The molecule has 0 fully saturated rings. The van der Waals surface area contributed by atoms with Gasteiger partial charge in [-0.3, -0.25) is 9.59 Å². The van der Waals surface area contributed by atoms with Crippen molar-refractivity contribution < 1.29 is 9.59 Å². The molecule has 0 spiro atoms. The van der Waals surface area contributed by atoms with Gasteiger partial charge in [0, 0.05) is 17.8 Å². The first-order valence-corrected chi connectivity index (χ1v) is 7.64. The molecule has 2 aromatic carbocycles. The first-order valence-electron chi connectivity index (χ1n) is 7.64. The van der Waals surface area contributed by atoms with Crippen LogP contribution in [0.3, 0.4) is 0 Å². The van der Waals surface area contributed by atoms with Gasteiger partial charge in [-0.05, 0) is 35.3 Å². The van der Waals surface area contributed by atoms with Crippen LogP contribution in [-0.2, 0) is 16.0 Å². The van der Waals surface area contributed by atoms with E-state index in [1.807, 2.05) is 30.3 Å². The van der Waals surface area contributed by atoms with Gasteiger partial charge in [-0.2, -0.15) is 0 Å². The van der Waals surface area contributed by atoms with Crippen molar-refractivity contribution in [3.63, 3.8) is 0 Å². The monoisotopic (exact) mass is 288 g/mol. The van der Waals surface area contributed by atoms with Crippen LogP contribution in [-0.4, -0.2) is 11.6 Å². The van der Waals surface area contributed by atoms with Gasteiger partial charge in [-0.25, -0.2) is 0 Å². The summed E-state index contributed by atoms with van der Waals surface area (Å²) in [5.41, 5.74) is 3.49. The molecule has 2 aliphatic carbocycles. The molecule has 0 amide bonds. The predicted octanol–water partition coefficient (Wildman–Crippen LogP) is 3.32. The van der Waals surface area contributed by atoms with Crippen molar-refractivity contribution in [1.29, 1.82) is 0 Å². The van der Waals surface area contributed by atoms with Gasteiger partial charge in [-0.15, -0.1) is 0 Å². The summed E-state index contributed by atoms with van der Waals surface area (Å²) >= 11 is 0. The zero-order valence-corrected chi connectivity index (χ0v) is 12.1. The number of benzene rings is 2. The lowest BCUT2D eigenvalue weighted by atomic mass is 9.62. The largest absolute Gasteiger partial charge is 0.295 e. The maximum Gasteiger partial charge on any atom is 0.160 e. The summed E-state index contributed by atoms with van der Waals surface area (Å²) in [5, 5.41) is 0. The maximum atomic E-state index is 12.5. The maximum absolute atomic E-state index is 12.5. The molecule has 3 atom stereocenters. The van der Waals surface area contributed by atoms with E-state index < -0.39 is 0 Å². The van der Waals surface area contributed by atoms with Crippen LogP contribution >= 0.6 is 0 Å². The van der Waals surface area contributed by atoms with Crippen LogP contribution in [0.15, 0.2) is 66.7 Å². The lowest BCUT2D eigenvalue weighted by Crippen LogP contribution is -2.41. The number of carbonyl (C=O) groups is 2. The van der Waals surface area contributed by atoms with Gasteiger partial charge in [-0.1, -0.05) is 54.6 Å². The fraction of sp³-hybridized carbons (Fsp3) is 0.200. The molecular formula is C20H16O2. The summed E-state index contributed by atoms with van der Waals surface area (Å²) in [6.45, 7) is 0. The number of allylic oxidation sites excluding steroid dienone is 2. The van der Waals surface area contributed by atoms with Crippen LogP contribution in [0, 0.1) is 11.8 Å². The SMILES string of the molecule is O=C1C=CC(=O)[C@@H]2Cc3ccccc3[C@H](c3ccccc3)[C@@H]12. The second kappa shape index (κ2) is 5.06. The first-order chi connectivity index (χ1) is 10.8. The van der Waals surface area contributed by atoms with Crippen LogP contribution in [0.25, 0.3) is 0 Å². The smallest absolute Gasteiger partial charge is 0.160 e.